The van der Waals surface area contributed by atoms with Gasteiger partial charge in [-0.1, -0.05) is 0 Å². The summed E-state index contributed by atoms with van der Waals surface area (Å²) in [5.41, 5.74) is 0.628. The van der Waals surface area contributed by atoms with Crippen LogP contribution in [0.5, 0.6) is 0 Å². The first kappa shape index (κ1) is 15.6. The molecule has 2 aliphatic heterocycles. The lowest BCUT2D eigenvalue weighted by atomic mass is 10.2. The molecule has 0 N–H and O–H groups in total. The molecule has 2 aliphatic rings. The van der Waals surface area contributed by atoms with Crippen LogP contribution in [0.15, 0.2) is 30.6 Å². The molecule has 4 heterocycles. The van der Waals surface area contributed by atoms with Crippen LogP contribution in [0.3, 0.4) is 0 Å². The summed E-state index contributed by atoms with van der Waals surface area (Å²) >= 11 is 0. The second kappa shape index (κ2) is 6.93. The van der Waals surface area contributed by atoms with Gasteiger partial charge in [-0.25, -0.2) is 9.97 Å². The van der Waals surface area contributed by atoms with Crippen molar-refractivity contribution in [2.24, 2.45) is 0 Å². The van der Waals surface area contributed by atoms with Crippen LogP contribution < -0.4 is 14.7 Å². The predicted molar refractivity (Wildman–Crippen MR) is 96.9 cm³/mol. The van der Waals surface area contributed by atoms with Gasteiger partial charge in [-0.05, 0) is 31.0 Å². The second-order valence-corrected chi connectivity index (χ2v) is 6.37. The minimum Gasteiger partial charge on any atom is -0.356 e. The Labute approximate surface area is 147 Å². The van der Waals surface area contributed by atoms with E-state index in [9.17, 15) is 5.26 Å². The number of nitriles is 1. The summed E-state index contributed by atoms with van der Waals surface area (Å²) in [6.45, 7) is 5.43. The molecule has 0 saturated carbocycles. The number of hydrogen-bond donors (Lipinski definition) is 0. The van der Waals surface area contributed by atoms with E-state index >= 15 is 0 Å². The van der Waals surface area contributed by atoms with E-state index < -0.39 is 0 Å². The Morgan fingerprint density at radius 2 is 1.60 bits per heavy atom. The quantitative estimate of drug-likeness (QED) is 0.845. The van der Waals surface area contributed by atoms with Gasteiger partial charge in [-0.15, -0.1) is 0 Å². The Morgan fingerprint density at radius 3 is 2.36 bits per heavy atom. The fraction of sp³-hybridized carbons (Fsp3) is 0.444. The minimum atomic E-state index is 0.628. The molecule has 0 unspecified atom stereocenters. The first-order valence-corrected chi connectivity index (χ1v) is 8.78. The van der Waals surface area contributed by atoms with Crippen LogP contribution in [-0.2, 0) is 0 Å². The molecule has 128 valence electrons. The number of pyridine rings is 1. The zero-order chi connectivity index (χ0) is 17.1. The topological polar surface area (TPSA) is 72.2 Å². The summed E-state index contributed by atoms with van der Waals surface area (Å²) < 4.78 is 0. The number of hydrogen-bond acceptors (Lipinski definition) is 7. The van der Waals surface area contributed by atoms with Gasteiger partial charge in [-0.3, -0.25) is 0 Å². The van der Waals surface area contributed by atoms with Crippen molar-refractivity contribution in [3.8, 4) is 6.07 Å². The Balaban J connectivity index is 1.45. The molecule has 25 heavy (non-hydrogen) atoms. The van der Waals surface area contributed by atoms with E-state index in [1.54, 1.807) is 12.3 Å². The van der Waals surface area contributed by atoms with E-state index in [2.05, 4.69) is 30.7 Å². The maximum absolute atomic E-state index is 9.26. The minimum absolute atomic E-state index is 0.628. The molecule has 7 nitrogen and oxygen atoms in total. The number of nitrogens with zero attached hydrogens (tertiary/aromatic N) is 7. The van der Waals surface area contributed by atoms with Gasteiger partial charge in [0.1, 0.15) is 17.7 Å². The molecule has 2 saturated heterocycles. The third kappa shape index (κ3) is 3.20. The maximum atomic E-state index is 9.26. The third-order valence-corrected chi connectivity index (χ3v) is 4.83. The Morgan fingerprint density at radius 1 is 0.840 bits per heavy atom. The number of aromatic nitrogens is 3. The molecule has 7 heteroatoms. The van der Waals surface area contributed by atoms with E-state index in [1.165, 1.54) is 12.8 Å². The van der Waals surface area contributed by atoms with Gasteiger partial charge in [0.15, 0.2) is 0 Å². The van der Waals surface area contributed by atoms with Crippen LogP contribution in [0.1, 0.15) is 18.4 Å². The van der Waals surface area contributed by atoms with Crippen molar-refractivity contribution in [1.29, 1.82) is 5.26 Å². The Bertz CT molecular complexity index is 771. The smallest absolute Gasteiger partial charge is 0.227 e. The number of piperazine rings is 1. The van der Waals surface area contributed by atoms with Gasteiger partial charge >= 0.3 is 0 Å². The SMILES string of the molecule is N#Cc1cccnc1N1CCN(c2nccc(N3CCCC3)n2)CC1. The van der Waals surface area contributed by atoms with E-state index in [0.29, 0.717) is 5.56 Å². The lowest BCUT2D eigenvalue weighted by molar-refractivity contribution is 0.633. The van der Waals surface area contributed by atoms with E-state index in [1.807, 2.05) is 18.3 Å². The van der Waals surface area contributed by atoms with Crippen molar-refractivity contribution in [2.75, 3.05) is 54.0 Å². The molecule has 0 amide bonds. The molecule has 0 aliphatic carbocycles. The van der Waals surface area contributed by atoms with Gasteiger partial charge < -0.3 is 14.7 Å². The second-order valence-electron chi connectivity index (χ2n) is 6.37. The summed E-state index contributed by atoms with van der Waals surface area (Å²) in [6, 6.07) is 7.84. The number of rotatable bonds is 3. The molecular formula is C18H21N7. The average molecular weight is 335 g/mol. The third-order valence-electron chi connectivity index (χ3n) is 4.83. The van der Waals surface area contributed by atoms with Crippen LogP contribution in [-0.4, -0.2) is 54.2 Å². The van der Waals surface area contributed by atoms with Gasteiger partial charge in [0.2, 0.25) is 5.95 Å². The molecule has 2 aromatic rings. The van der Waals surface area contributed by atoms with Crippen LogP contribution in [0.25, 0.3) is 0 Å². The van der Waals surface area contributed by atoms with Crippen molar-refractivity contribution in [2.45, 2.75) is 12.8 Å². The van der Waals surface area contributed by atoms with Crippen molar-refractivity contribution >= 4 is 17.6 Å². The molecule has 0 radical (unpaired) electrons. The lowest BCUT2D eigenvalue weighted by Crippen LogP contribution is -2.47. The van der Waals surface area contributed by atoms with Crippen LogP contribution >= 0.6 is 0 Å². The summed E-state index contributed by atoms with van der Waals surface area (Å²) in [7, 11) is 0. The molecule has 2 aromatic heterocycles. The largest absolute Gasteiger partial charge is 0.356 e. The molecule has 4 rings (SSSR count). The highest BCUT2D eigenvalue weighted by Crippen LogP contribution is 2.22. The maximum Gasteiger partial charge on any atom is 0.227 e. The van der Waals surface area contributed by atoms with Crippen molar-refractivity contribution in [3.05, 3.63) is 36.2 Å². The van der Waals surface area contributed by atoms with Gasteiger partial charge in [0.25, 0.3) is 0 Å². The Hall–Kier alpha value is -2.88. The summed E-state index contributed by atoms with van der Waals surface area (Å²) in [4.78, 5) is 20.3. The van der Waals surface area contributed by atoms with Crippen LogP contribution in [0.2, 0.25) is 0 Å². The monoisotopic (exact) mass is 335 g/mol. The molecular weight excluding hydrogens is 314 g/mol. The highest BCUT2D eigenvalue weighted by Gasteiger charge is 2.22. The van der Waals surface area contributed by atoms with Crippen LogP contribution in [0, 0.1) is 11.3 Å². The van der Waals surface area contributed by atoms with E-state index in [0.717, 1.165) is 56.9 Å². The van der Waals surface area contributed by atoms with Gasteiger partial charge in [0, 0.05) is 51.7 Å². The molecule has 0 bridgehead atoms. The van der Waals surface area contributed by atoms with E-state index in [-0.39, 0.29) is 0 Å². The first-order valence-electron chi connectivity index (χ1n) is 8.78. The lowest BCUT2D eigenvalue weighted by Gasteiger charge is -2.35. The summed E-state index contributed by atoms with van der Waals surface area (Å²) in [6.07, 6.45) is 6.08. The molecule has 0 atom stereocenters. The van der Waals surface area contributed by atoms with Crippen LogP contribution in [0.4, 0.5) is 17.6 Å². The number of anilines is 3. The van der Waals surface area contributed by atoms with Crippen molar-refractivity contribution < 1.29 is 0 Å². The first-order chi connectivity index (χ1) is 12.3. The summed E-state index contributed by atoms with van der Waals surface area (Å²) in [5, 5.41) is 9.26. The highest BCUT2D eigenvalue weighted by atomic mass is 15.3. The van der Waals surface area contributed by atoms with Crippen molar-refractivity contribution in [1.82, 2.24) is 15.0 Å². The standard InChI is InChI=1S/C18H21N7/c19-14-15-4-3-6-20-17(15)24-10-12-25(13-11-24)18-21-7-5-16(22-18)23-8-1-2-9-23/h3-7H,1-2,8-13H2. The Kier molecular flexibility index (Phi) is 4.34. The fourth-order valence-electron chi connectivity index (χ4n) is 3.47. The van der Waals surface area contributed by atoms with Gasteiger partial charge in [0.05, 0.1) is 5.56 Å². The van der Waals surface area contributed by atoms with Crippen molar-refractivity contribution in [3.63, 3.8) is 0 Å². The summed E-state index contributed by atoms with van der Waals surface area (Å²) in [5.74, 6) is 2.60. The van der Waals surface area contributed by atoms with E-state index in [4.69, 9.17) is 4.98 Å². The molecule has 0 spiro atoms. The fourth-order valence-corrected chi connectivity index (χ4v) is 3.47. The average Bonchev–Trinajstić information content (AvgIpc) is 3.23. The zero-order valence-corrected chi connectivity index (χ0v) is 14.2. The predicted octanol–water partition coefficient (Wildman–Crippen LogP) is 1.67. The van der Waals surface area contributed by atoms with Gasteiger partial charge in [-0.2, -0.15) is 10.2 Å². The zero-order valence-electron chi connectivity index (χ0n) is 14.2. The highest BCUT2D eigenvalue weighted by molar-refractivity contribution is 5.54. The molecule has 0 aromatic carbocycles. The normalized spacial score (nSPS) is 17.6. The molecule has 2 fully saturated rings.